The Balaban J connectivity index is 1.62. The Labute approximate surface area is 198 Å². The number of benzene rings is 3. The summed E-state index contributed by atoms with van der Waals surface area (Å²) in [6.45, 7) is 7.20. The van der Waals surface area contributed by atoms with E-state index in [9.17, 15) is 13.6 Å². The summed E-state index contributed by atoms with van der Waals surface area (Å²) in [6.07, 6.45) is 0.0260. The van der Waals surface area contributed by atoms with Gasteiger partial charge in [0.05, 0.1) is 23.0 Å². The number of carbonyl (C=O) groups is 1. The Morgan fingerprint density at radius 1 is 1.18 bits per heavy atom. The molecule has 5 N–H and O–H groups in total. The number of aromatic amines is 1. The van der Waals surface area contributed by atoms with Crippen LogP contribution in [0.15, 0.2) is 54.6 Å². The van der Waals surface area contributed by atoms with E-state index in [4.69, 9.17) is 23.9 Å². The van der Waals surface area contributed by atoms with Crippen LogP contribution < -0.4 is 16.4 Å². The van der Waals surface area contributed by atoms with Crippen molar-refractivity contribution >= 4 is 51.3 Å². The number of hydrogen-bond acceptors (Lipinski definition) is 4. The minimum atomic E-state index is -1.17. The van der Waals surface area contributed by atoms with Crippen molar-refractivity contribution in [3.8, 4) is 0 Å². The van der Waals surface area contributed by atoms with Crippen molar-refractivity contribution in [2.24, 2.45) is 5.73 Å². The molecule has 0 spiro atoms. The molecule has 0 saturated carbocycles. The van der Waals surface area contributed by atoms with E-state index in [0.29, 0.717) is 33.8 Å². The minimum Gasteiger partial charge on any atom is -0.339 e. The number of amides is 1. The minimum absolute atomic E-state index is 0.0260. The van der Waals surface area contributed by atoms with Gasteiger partial charge in [0.2, 0.25) is 5.91 Å². The first-order valence-corrected chi connectivity index (χ1v) is 10.7. The van der Waals surface area contributed by atoms with Crippen LogP contribution in [0, 0.1) is 18.2 Å². The Morgan fingerprint density at radius 2 is 2.00 bits per heavy atom. The molecule has 1 atom stereocenters. The SMILES string of the molecule is [C-]#[N+]c1cccc(Nc2n[nH]c3ccc(NC(=O)[C@H](CCN)c4c(F)ccc(Cl)c4F)cc23)c1. The van der Waals surface area contributed by atoms with Crippen molar-refractivity contribution in [3.05, 3.63) is 88.2 Å². The number of nitrogens with one attached hydrogen (secondary N) is 3. The van der Waals surface area contributed by atoms with Gasteiger partial charge in [-0.05, 0) is 55.4 Å². The first-order chi connectivity index (χ1) is 16.4. The number of carbonyl (C=O) groups excluding carboxylic acids is 1. The van der Waals surface area contributed by atoms with Crippen molar-refractivity contribution in [2.75, 3.05) is 17.2 Å². The van der Waals surface area contributed by atoms with Gasteiger partial charge in [0.25, 0.3) is 0 Å². The van der Waals surface area contributed by atoms with E-state index in [-0.39, 0.29) is 18.0 Å². The predicted octanol–water partition coefficient (Wildman–Crippen LogP) is 5.86. The van der Waals surface area contributed by atoms with Crippen molar-refractivity contribution in [1.82, 2.24) is 10.2 Å². The van der Waals surface area contributed by atoms with Crippen LogP contribution in [-0.2, 0) is 4.79 Å². The third-order valence-electron chi connectivity index (χ3n) is 5.27. The Bertz CT molecular complexity index is 1410. The normalized spacial score (nSPS) is 11.7. The second-order valence-corrected chi connectivity index (χ2v) is 7.90. The standard InChI is InChI=1S/C24H19ClF2N6O/c1-29-13-3-2-4-14(11-13)30-23-17-12-15(5-8-20(17)32-33-23)31-24(34)16(9-10-28)21-19(26)7-6-18(25)22(21)27/h2-8,11-12,16H,9-10,28H2,(H,31,34)(H2,30,32,33)/t16-/m1/s1. The van der Waals surface area contributed by atoms with Gasteiger partial charge < -0.3 is 16.4 Å². The van der Waals surface area contributed by atoms with Gasteiger partial charge in [-0.15, -0.1) is 0 Å². The number of halogens is 3. The summed E-state index contributed by atoms with van der Waals surface area (Å²) in [5.74, 6) is -3.15. The number of nitrogens with zero attached hydrogens (tertiary/aromatic N) is 2. The molecule has 4 aromatic rings. The molecule has 34 heavy (non-hydrogen) atoms. The van der Waals surface area contributed by atoms with Crippen LogP contribution in [0.5, 0.6) is 0 Å². The maximum Gasteiger partial charge on any atom is 0.232 e. The van der Waals surface area contributed by atoms with E-state index < -0.39 is 29.0 Å². The van der Waals surface area contributed by atoms with Crippen LogP contribution in [-0.4, -0.2) is 22.6 Å². The van der Waals surface area contributed by atoms with Crippen LogP contribution in [0.3, 0.4) is 0 Å². The highest BCUT2D eigenvalue weighted by Gasteiger charge is 2.28. The number of nitrogens with two attached hydrogens (primary N) is 1. The second-order valence-electron chi connectivity index (χ2n) is 7.50. The molecular formula is C24H19ClF2N6O. The number of fused-ring (bicyclic) bond motifs is 1. The van der Waals surface area contributed by atoms with Gasteiger partial charge in [0.15, 0.2) is 11.5 Å². The molecule has 1 aromatic heterocycles. The summed E-state index contributed by atoms with van der Waals surface area (Å²) in [5, 5.41) is 13.4. The average Bonchev–Trinajstić information content (AvgIpc) is 3.23. The quantitative estimate of drug-likeness (QED) is 0.196. The van der Waals surface area contributed by atoms with Gasteiger partial charge in [-0.3, -0.25) is 9.89 Å². The van der Waals surface area contributed by atoms with Gasteiger partial charge in [-0.25, -0.2) is 13.6 Å². The predicted molar refractivity (Wildman–Crippen MR) is 128 cm³/mol. The third-order valence-corrected chi connectivity index (χ3v) is 5.56. The Kier molecular flexibility index (Phi) is 6.72. The summed E-state index contributed by atoms with van der Waals surface area (Å²) < 4.78 is 29.0. The molecule has 1 amide bonds. The molecule has 0 aliphatic carbocycles. The summed E-state index contributed by atoms with van der Waals surface area (Å²) in [5.41, 5.74) is 7.45. The van der Waals surface area contributed by atoms with E-state index in [1.54, 1.807) is 42.5 Å². The topological polar surface area (TPSA) is 100 Å². The van der Waals surface area contributed by atoms with Crippen LogP contribution in [0.4, 0.5) is 31.7 Å². The van der Waals surface area contributed by atoms with Crippen molar-refractivity contribution in [2.45, 2.75) is 12.3 Å². The number of hydrogen-bond donors (Lipinski definition) is 4. The molecule has 0 radical (unpaired) electrons. The molecule has 7 nitrogen and oxygen atoms in total. The lowest BCUT2D eigenvalue weighted by Gasteiger charge is -2.18. The molecule has 0 unspecified atom stereocenters. The molecule has 0 aliphatic heterocycles. The largest absolute Gasteiger partial charge is 0.339 e. The van der Waals surface area contributed by atoms with E-state index in [2.05, 4.69) is 25.7 Å². The Morgan fingerprint density at radius 3 is 2.76 bits per heavy atom. The van der Waals surface area contributed by atoms with Gasteiger partial charge in [-0.1, -0.05) is 23.7 Å². The molecule has 0 bridgehead atoms. The fraction of sp³-hybridized carbons (Fsp3) is 0.125. The summed E-state index contributed by atoms with van der Waals surface area (Å²) in [6, 6.07) is 14.1. The highest BCUT2D eigenvalue weighted by molar-refractivity contribution is 6.30. The van der Waals surface area contributed by atoms with E-state index in [1.165, 1.54) is 0 Å². The molecule has 1 heterocycles. The molecule has 0 saturated heterocycles. The molecule has 3 aromatic carbocycles. The van der Waals surface area contributed by atoms with Crippen LogP contribution in [0.1, 0.15) is 17.9 Å². The third kappa shape index (κ3) is 4.69. The lowest BCUT2D eigenvalue weighted by molar-refractivity contribution is -0.117. The average molecular weight is 481 g/mol. The Hall–Kier alpha value is -4.00. The van der Waals surface area contributed by atoms with E-state index in [1.807, 2.05) is 0 Å². The number of rotatable bonds is 7. The van der Waals surface area contributed by atoms with Crippen molar-refractivity contribution < 1.29 is 13.6 Å². The molecule has 0 aliphatic rings. The highest BCUT2D eigenvalue weighted by atomic mass is 35.5. The van der Waals surface area contributed by atoms with Gasteiger partial charge in [0.1, 0.15) is 11.6 Å². The van der Waals surface area contributed by atoms with E-state index in [0.717, 1.165) is 12.1 Å². The van der Waals surface area contributed by atoms with Gasteiger partial charge in [-0.2, -0.15) is 5.10 Å². The zero-order chi connectivity index (χ0) is 24.2. The second kappa shape index (κ2) is 9.87. The van der Waals surface area contributed by atoms with Crippen molar-refractivity contribution in [1.29, 1.82) is 0 Å². The van der Waals surface area contributed by atoms with E-state index >= 15 is 0 Å². The smallest absolute Gasteiger partial charge is 0.232 e. The summed E-state index contributed by atoms with van der Waals surface area (Å²) in [7, 11) is 0. The van der Waals surface area contributed by atoms with Crippen LogP contribution >= 0.6 is 11.6 Å². The fourth-order valence-electron chi connectivity index (χ4n) is 3.64. The summed E-state index contributed by atoms with van der Waals surface area (Å²) in [4.78, 5) is 16.4. The highest BCUT2D eigenvalue weighted by Crippen LogP contribution is 2.32. The fourth-order valence-corrected chi connectivity index (χ4v) is 3.81. The lowest BCUT2D eigenvalue weighted by atomic mass is 9.93. The molecule has 0 fully saturated rings. The maximum absolute atomic E-state index is 14.6. The maximum atomic E-state index is 14.6. The molecule has 10 heteroatoms. The lowest BCUT2D eigenvalue weighted by Crippen LogP contribution is -2.25. The first kappa shape index (κ1) is 23.2. The monoisotopic (exact) mass is 480 g/mol. The summed E-state index contributed by atoms with van der Waals surface area (Å²) >= 11 is 5.81. The number of aromatic nitrogens is 2. The van der Waals surface area contributed by atoms with Crippen LogP contribution in [0.2, 0.25) is 5.02 Å². The molecule has 172 valence electrons. The number of H-pyrrole nitrogens is 1. The zero-order valence-electron chi connectivity index (χ0n) is 17.7. The number of anilines is 3. The van der Waals surface area contributed by atoms with Gasteiger partial charge >= 0.3 is 0 Å². The van der Waals surface area contributed by atoms with Crippen molar-refractivity contribution in [3.63, 3.8) is 0 Å². The molecular weight excluding hydrogens is 462 g/mol. The van der Waals surface area contributed by atoms with Gasteiger partial charge in [0, 0.05) is 22.3 Å². The first-order valence-electron chi connectivity index (χ1n) is 10.3. The van der Waals surface area contributed by atoms with Crippen LogP contribution in [0.25, 0.3) is 15.7 Å². The zero-order valence-corrected chi connectivity index (χ0v) is 18.5. The molecule has 4 rings (SSSR count).